The second-order valence-corrected chi connectivity index (χ2v) is 4.60. The Morgan fingerprint density at radius 1 is 1.53 bits per heavy atom. The van der Waals surface area contributed by atoms with Gasteiger partial charge in [0.25, 0.3) is 0 Å². The molecule has 17 heavy (non-hydrogen) atoms. The van der Waals surface area contributed by atoms with E-state index in [1.807, 2.05) is 31.2 Å². The fraction of sp³-hybridized carbons (Fsp3) is 0.167. The van der Waals surface area contributed by atoms with Crippen molar-refractivity contribution in [1.29, 1.82) is 0 Å². The van der Waals surface area contributed by atoms with Gasteiger partial charge in [0.2, 0.25) is 0 Å². The number of nitrogens with one attached hydrogen (secondary N) is 1. The van der Waals surface area contributed by atoms with Gasteiger partial charge in [0, 0.05) is 5.56 Å². The molecule has 88 valence electrons. The molecule has 0 saturated carbocycles. The van der Waals surface area contributed by atoms with Gasteiger partial charge in [0.15, 0.2) is 0 Å². The molecule has 0 unspecified atom stereocenters. The molecule has 2 aromatic rings. The molecule has 2 rings (SSSR count). The molecule has 0 bridgehead atoms. The summed E-state index contributed by atoms with van der Waals surface area (Å²) in [7, 11) is 0. The van der Waals surface area contributed by atoms with Crippen molar-refractivity contribution in [3.63, 3.8) is 0 Å². The van der Waals surface area contributed by atoms with Crippen molar-refractivity contribution >= 4 is 21.9 Å². The number of H-pyrrole nitrogens is 1. The summed E-state index contributed by atoms with van der Waals surface area (Å²) >= 11 is 3.38. The minimum Gasteiger partial charge on any atom is -0.481 e. The summed E-state index contributed by atoms with van der Waals surface area (Å²) in [5.74, 6) is -0.884. The van der Waals surface area contributed by atoms with Crippen molar-refractivity contribution in [2.24, 2.45) is 0 Å². The van der Waals surface area contributed by atoms with E-state index in [0.717, 1.165) is 16.8 Å². The Balaban J connectivity index is 2.40. The highest BCUT2D eigenvalue weighted by Gasteiger charge is 2.14. The second kappa shape index (κ2) is 4.71. The van der Waals surface area contributed by atoms with E-state index in [0.29, 0.717) is 10.2 Å². The van der Waals surface area contributed by atoms with Crippen molar-refractivity contribution in [3.8, 4) is 11.3 Å². The molecule has 0 aliphatic heterocycles. The molecule has 0 spiro atoms. The Morgan fingerprint density at radius 3 is 2.94 bits per heavy atom. The molecule has 0 aliphatic carbocycles. The van der Waals surface area contributed by atoms with Gasteiger partial charge in [0.05, 0.1) is 16.6 Å². The summed E-state index contributed by atoms with van der Waals surface area (Å²) in [6, 6.07) is 7.90. The van der Waals surface area contributed by atoms with E-state index >= 15 is 0 Å². The van der Waals surface area contributed by atoms with Crippen LogP contribution >= 0.6 is 15.9 Å². The quantitative estimate of drug-likeness (QED) is 0.915. The van der Waals surface area contributed by atoms with E-state index in [1.165, 1.54) is 0 Å². The van der Waals surface area contributed by atoms with E-state index in [-0.39, 0.29) is 6.42 Å². The van der Waals surface area contributed by atoms with Crippen LogP contribution in [-0.4, -0.2) is 21.3 Å². The van der Waals surface area contributed by atoms with Crippen LogP contribution in [-0.2, 0) is 11.2 Å². The molecular formula is C12H11BrN2O2. The minimum atomic E-state index is -0.884. The van der Waals surface area contributed by atoms with Crippen LogP contribution in [0.2, 0.25) is 0 Å². The lowest BCUT2D eigenvalue weighted by atomic mass is 10.1. The first kappa shape index (κ1) is 11.9. The highest BCUT2D eigenvalue weighted by Crippen LogP contribution is 2.29. The average molecular weight is 295 g/mol. The van der Waals surface area contributed by atoms with Crippen LogP contribution in [0.4, 0.5) is 0 Å². The third-order valence-electron chi connectivity index (χ3n) is 2.40. The zero-order valence-corrected chi connectivity index (χ0v) is 10.8. The van der Waals surface area contributed by atoms with Gasteiger partial charge in [-0.3, -0.25) is 9.89 Å². The normalized spacial score (nSPS) is 10.5. The number of nitrogens with zero attached hydrogens (tertiary/aromatic N) is 1. The number of aromatic nitrogens is 2. The standard InChI is InChI=1S/C12H11BrN2O2/c1-7-3-2-4-8(5-7)12-11(13)9(14-15-12)6-10(16)17/h2-5H,6H2,1H3,(H,14,15)(H,16,17). The molecule has 1 aromatic carbocycles. The first-order valence-corrected chi connectivity index (χ1v) is 5.89. The molecule has 4 nitrogen and oxygen atoms in total. The van der Waals surface area contributed by atoms with Crippen LogP contribution in [0.25, 0.3) is 11.3 Å². The lowest BCUT2D eigenvalue weighted by molar-refractivity contribution is -0.136. The Kier molecular flexibility index (Phi) is 3.28. The molecule has 0 saturated heterocycles. The van der Waals surface area contributed by atoms with Crippen molar-refractivity contribution in [1.82, 2.24) is 10.2 Å². The maximum absolute atomic E-state index is 10.7. The molecule has 1 heterocycles. The van der Waals surface area contributed by atoms with E-state index in [9.17, 15) is 4.79 Å². The molecule has 0 aliphatic rings. The molecule has 0 fully saturated rings. The van der Waals surface area contributed by atoms with Gasteiger partial charge in [-0.15, -0.1) is 0 Å². The molecular weight excluding hydrogens is 284 g/mol. The van der Waals surface area contributed by atoms with Crippen LogP contribution in [0.1, 0.15) is 11.3 Å². The fourth-order valence-corrected chi connectivity index (χ4v) is 2.16. The number of carboxylic acid groups (broad SMARTS) is 1. The predicted octanol–water partition coefficient (Wildman–Crippen LogP) is 2.77. The number of benzene rings is 1. The topological polar surface area (TPSA) is 66.0 Å². The van der Waals surface area contributed by atoms with E-state index in [1.54, 1.807) is 0 Å². The first-order valence-electron chi connectivity index (χ1n) is 5.09. The molecule has 2 N–H and O–H groups in total. The van der Waals surface area contributed by atoms with Crippen molar-refractivity contribution < 1.29 is 9.90 Å². The Bertz CT molecular complexity index is 563. The predicted molar refractivity (Wildman–Crippen MR) is 67.8 cm³/mol. The van der Waals surface area contributed by atoms with Crippen molar-refractivity contribution in [2.45, 2.75) is 13.3 Å². The maximum atomic E-state index is 10.7. The number of carboxylic acids is 1. The van der Waals surface area contributed by atoms with Gasteiger partial charge in [-0.05, 0) is 28.9 Å². The lowest BCUT2D eigenvalue weighted by Gasteiger charge is -1.99. The highest BCUT2D eigenvalue weighted by molar-refractivity contribution is 9.10. The highest BCUT2D eigenvalue weighted by atomic mass is 79.9. The fourth-order valence-electron chi connectivity index (χ4n) is 1.62. The summed E-state index contributed by atoms with van der Waals surface area (Å²) in [6.07, 6.45) is -0.0700. The number of aryl methyl sites for hydroxylation is 1. The van der Waals surface area contributed by atoms with Crippen LogP contribution in [0.3, 0.4) is 0 Å². The van der Waals surface area contributed by atoms with Gasteiger partial charge >= 0.3 is 5.97 Å². The smallest absolute Gasteiger partial charge is 0.309 e. The number of aliphatic carboxylic acids is 1. The molecule has 0 radical (unpaired) electrons. The third-order valence-corrected chi connectivity index (χ3v) is 3.25. The van der Waals surface area contributed by atoms with E-state index in [4.69, 9.17) is 5.11 Å². The number of hydrogen-bond acceptors (Lipinski definition) is 2. The number of halogens is 1. The molecule has 1 aromatic heterocycles. The van der Waals surface area contributed by atoms with Gasteiger partial charge in [0.1, 0.15) is 5.69 Å². The van der Waals surface area contributed by atoms with Crippen molar-refractivity contribution in [2.75, 3.05) is 0 Å². The van der Waals surface area contributed by atoms with Gasteiger partial charge < -0.3 is 5.11 Å². The lowest BCUT2D eigenvalue weighted by Crippen LogP contribution is -2.00. The largest absolute Gasteiger partial charge is 0.481 e. The van der Waals surface area contributed by atoms with E-state index in [2.05, 4.69) is 26.1 Å². The summed E-state index contributed by atoms with van der Waals surface area (Å²) in [5.41, 5.74) is 3.42. The van der Waals surface area contributed by atoms with Crippen molar-refractivity contribution in [3.05, 3.63) is 40.0 Å². The zero-order chi connectivity index (χ0) is 12.4. The maximum Gasteiger partial charge on any atom is 0.309 e. The third kappa shape index (κ3) is 2.55. The summed E-state index contributed by atoms with van der Waals surface area (Å²) in [6.45, 7) is 2.00. The van der Waals surface area contributed by atoms with Gasteiger partial charge in [-0.1, -0.05) is 23.8 Å². The van der Waals surface area contributed by atoms with Crippen LogP contribution in [0, 0.1) is 6.92 Å². The number of carbonyl (C=O) groups is 1. The first-order chi connectivity index (χ1) is 8.08. The monoisotopic (exact) mass is 294 g/mol. The average Bonchev–Trinajstić information content (AvgIpc) is 2.60. The van der Waals surface area contributed by atoms with Crippen LogP contribution in [0.5, 0.6) is 0 Å². The summed E-state index contributed by atoms with van der Waals surface area (Å²) < 4.78 is 0.713. The van der Waals surface area contributed by atoms with E-state index < -0.39 is 5.97 Å². The zero-order valence-electron chi connectivity index (χ0n) is 9.20. The molecule has 0 amide bonds. The number of hydrogen-bond donors (Lipinski definition) is 2. The van der Waals surface area contributed by atoms with Gasteiger partial charge in [-0.25, -0.2) is 0 Å². The second-order valence-electron chi connectivity index (χ2n) is 3.80. The van der Waals surface area contributed by atoms with Crippen LogP contribution in [0.15, 0.2) is 28.7 Å². The minimum absolute atomic E-state index is 0.0700. The Morgan fingerprint density at radius 2 is 2.29 bits per heavy atom. The summed E-state index contributed by atoms with van der Waals surface area (Å²) in [5, 5.41) is 15.6. The van der Waals surface area contributed by atoms with Gasteiger partial charge in [-0.2, -0.15) is 5.10 Å². The number of rotatable bonds is 3. The van der Waals surface area contributed by atoms with Crippen LogP contribution < -0.4 is 0 Å². The SMILES string of the molecule is Cc1cccc(-c2n[nH]c(CC(=O)O)c2Br)c1. The number of aromatic amines is 1. The molecule has 0 atom stereocenters. The Hall–Kier alpha value is -1.62. The molecule has 5 heteroatoms. The summed E-state index contributed by atoms with van der Waals surface area (Å²) in [4.78, 5) is 10.7. The Labute approximate surface area is 107 Å².